The molecule has 1 saturated heterocycles. The molecule has 11 nitrogen and oxygen atoms in total. The zero-order chi connectivity index (χ0) is 29.0. The molecule has 0 radical (unpaired) electrons. The van der Waals surface area contributed by atoms with E-state index in [9.17, 15) is 17.9 Å². The van der Waals surface area contributed by atoms with Gasteiger partial charge in [-0.3, -0.25) is 4.98 Å². The van der Waals surface area contributed by atoms with E-state index in [0.29, 0.717) is 48.9 Å². The molecule has 3 heterocycles. The number of rotatable bonds is 8. The molecule has 41 heavy (non-hydrogen) atoms. The van der Waals surface area contributed by atoms with E-state index < -0.39 is 15.7 Å². The number of phenols is 1. The van der Waals surface area contributed by atoms with Crippen molar-refractivity contribution in [1.82, 2.24) is 15.0 Å². The number of hydrogen-bond donors (Lipinski definition) is 3. The minimum Gasteiger partial charge on any atom is -0.508 e. The van der Waals surface area contributed by atoms with E-state index in [4.69, 9.17) is 16.3 Å². The third kappa shape index (κ3) is 6.88. The second kappa shape index (κ2) is 12.0. The van der Waals surface area contributed by atoms with Gasteiger partial charge in [0.25, 0.3) is 0 Å². The van der Waals surface area contributed by atoms with E-state index in [0.717, 1.165) is 12.3 Å². The Kier molecular flexibility index (Phi) is 8.28. The number of benzene rings is 2. The second-order valence-electron chi connectivity index (χ2n) is 9.11. The summed E-state index contributed by atoms with van der Waals surface area (Å²) in [5.74, 6) is -0.434. The Balaban J connectivity index is 1.26. The quantitative estimate of drug-likeness (QED) is 0.196. The first kappa shape index (κ1) is 28.2. The zero-order valence-corrected chi connectivity index (χ0v) is 23.3. The molecule has 212 valence electrons. The van der Waals surface area contributed by atoms with Crippen molar-refractivity contribution < 1.29 is 22.7 Å². The maximum Gasteiger partial charge on any atom is 0.245 e. The number of aromatic nitrogens is 3. The Morgan fingerprint density at radius 1 is 1.05 bits per heavy atom. The Bertz CT molecular complexity index is 1680. The Morgan fingerprint density at radius 2 is 1.83 bits per heavy atom. The van der Waals surface area contributed by atoms with Crippen LogP contribution in [0.4, 0.5) is 27.5 Å². The number of sulfone groups is 1. The lowest BCUT2D eigenvalue weighted by atomic mass is 10.2. The van der Waals surface area contributed by atoms with E-state index >= 15 is 0 Å². The molecule has 5 rings (SSSR count). The number of aryl methyl sites for hydroxylation is 1. The zero-order valence-electron chi connectivity index (χ0n) is 21.8. The lowest BCUT2D eigenvalue weighted by Crippen LogP contribution is -2.37. The molecular weight excluding hydrogens is 573 g/mol. The summed E-state index contributed by atoms with van der Waals surface area (Å²) in [5.41, 5.74) is 5.06. The van der Waals surface area contributed by atoms with Gasteiger partial charge >= 0.3 is 0 Å². The van der Waals surface area contributed by atoms with Gasteiger partial charge in [-0.05, 0) is 61.0 Å². The number of morpholine rings is 1. The number of anilines is 4. The molecule has 0 spiro atoms. The first-order valence-electron chi connectivity index (χ1n) is 12.4. The van der Waals surface area contributed by atoms with Gasteiger partial charge in [0, 0.05) is 23.8 Å². The highest BCUT2D eigenvalue weighted by atomic mass is 35.5. The van der Waals surface area contributed by atoms with E-state index in [-0.39, 0.29) is 32.3 Å². The number of nitrogens with zero attached hydrogens (tertiary/aromatic N) is 5. The van der Waals surface area contributed by atoms with Gasteiger partial charge in [0.1, 0.15) is 5.75 Å². The highest BCUT2D eigenvalue weighted by molar-refractivity contribution is 7.91. The molecular formula is C27H25ClFN7O4S. The number of halogens is 2. The van der Waals surface area contributed by atoms with Crippen LogP contribution < -0.4 is 15.6 Å². The van der Waals surface area contributed by atoms with E-state index in [1.807, 2.05) is 0 Å². The number of nitrogens with one attached hydrogen (secondary N) is 2. The molecule has 0 aliphatic carbocycles. The normalized spacial score (nSPS) is 13.9. The van der Waals surface area contributed by atoms with Crippen LogP contribution in [-0.2, 0) is 14.6 Å². The summed E-state index contributed by atoms with van der Waals surface area (Å²) < 4.78 is 45.9. The largest absolute Gasteiger partial charge is 0.508 e. The third-order valence-corrected chi connectivity index (χ3v) is 7.93. The highest BCUT2D eigenvalue weighted by Gasteiger charge is 2.21. The molecule has 1 aliphatic heterocycles. The molecule has 0 saturated carbocycles. The summed E-state index contributed by atoms with van der Waals surface area (Å²) in [4.78, 5) is 14.2. The maximum absolute atomic E-state index is 14.2. The molecule has 2 aromatic heterocycles. The van der Waals surface area contributed by atoms with Crippen molar-refractivity contribution in [2.75, 3.05) is 41.9 Å². The van der Waals surface area contributed by atoms with Gasteiger partial charge in [0.05, 0.1) is 53.0 Å². The van der Waals surface area contributed by atoms with Crippen LogP contribution in [0.3, 0.4) is 0 Å². The number of ether oxygens (including phenoxy) is 1. The van der Waals surface area contributed by atoms with Gasteiger partial charge in [-0.2, -0.15) is 10.1 Å². The summed E-state index contributed by atoms with van der Waals surface area (Å²) in [6, 6.07) is 12.0. The van der Waals surface area contributed by atoms with Crippen molar-refractivity contribution in [1.29, 1.82) is 0 Å². The lowest BCUT2D eigenvalue weighted by molar-refractivity contribution is 0.122. The van der Waals surface area contributed by atoms with Crippen molar-refractivity contribution in [2.45, 2.75) is 16.7 Å². The van der Waals surface area contributed by atoms with E-state index in [1.165, 1.54) is 30.5 Å². The molecule has 0 bridgehead atoms. The van der Waals surface area contributed by atoms with Crippen molar-refractivity contribution >= 4 is 50.8 Å². The van der Waals surface area contributed by atoms with Crippen LogP contribution in [0.25, 0.3) is 0 Å². The average Bonchev–Trinajstić information content (AvgIpc) is 2.94. The fourth-order valence-electron chi connectivity index (χ4n) is 4.10. The summed E-state index contributed by atoms with van der Waals surface area (Å²) in [6.45, 7) is 3.85. The topological polar surface area (TPSA) is 142 Å². The molecule has 0 amide bonds. The molecule has 4 aromatic rings. The summed E-state index contributed by atoms with van der Waals surface area (Å²) in [5, 5.41) is 17.2. The molecule has 14 heteroatoms. The van der Waals surface area contributed by atoms with Gasteiger partial charge in [0.2, 0.25) is 15.8 Å². The molecule has 1 fully saturated rings. The second-order valence-corrected chi connectivity index (χ2v) is 11.5. The Morgan fingerprint density at radius 3 is 2.56 bits per heavy atom. The number of phenolic OH excluding ortho intramolecular Hbond substituents is 1. The monoisotopic (exact) mass is 597 g/mol. The van der Waals surface area contributed by atoms with E-state index in [1.54, 1.807) is 36.2 Å². The highest BCUT2D eigenvalue weighted by Crippen LogP contribution is 2.30. The molecule has 2 aromatic carbocycles. The van der Waals surface area contributed by atoms with Gasteiger partial charge in [-0.15, -0.1) is 0 Å². The predicted octanol–water partition coefficient (Wildman–Crippen LogP) is 4.54. The van der Waals surface area contributed by atoms with Crippen molar-refractivity contribution in [2.24, 2.45) is 5.10 Å². The fraction of sp³-hybridized carbons (Fsp3) is 0.185. The number of hydrogen-bond acceptors (Lipinski definition) is 11. The number of aromatic hydroxyl groups is 1. The molecule has 0 atom stereocenters. The summed E-state index contributed by atoms with van der Waals surface area (Å²) in [7, 11) is -3.94. The number of hydrazone groups is 1. The predicted molar refractivity (Wildman–Crippen MR) is 154 cm³/mol. The van der Waals surface area contributed by atoms with Crippen LogP contribution in [0.15, 0.2) is 75.8 Å². The summed E-state index contributed by atoms with van der Waals surface area (Å²) in [6.07, 6.45) is 4.12. The van der Waals surface area contributed by atoms with Crippen molar-refractivity contribution in [3.05, 3.63) is 83.0 Å². The van der Waals surface area contributed by atoms with E-state index in [2.05, 4.69) is 30.8 Å². The Hall–Kier alpha value is -4.33. The first-order valence-corrected chi connectivity index (χ1v) is 14.3. The van der Waals surface area contributed by atoms with Gasteiger partial charge < -0.3 is 20.1 Å². The molecule has 3 N–H and O–H groups in total. The van der Waals surface area contributed by atoms with Gasteiger partial charge in [-0.1, -0.05) is 11.6 Å². The fourth-order valence-corrected chi connectivity index (χ4v) is 5.85. The minimum absolute atomic E-state index is 0.0456. The molecule has 1 aliphatic rings. The van der Waals surface area contributed by atoms with Crippen LogP contribution in [0.2, 0.25) is 5.02 Å². The van der Waals surface area contributed by atoms with Gasteiger partial charge in [-0.25, -0.2) is 23.2 Å². The maximum atomic E-state index is 14.2. The first-order chi connectivity index (χ1) is 19.7. The van der Waals surface area contributed by atoms with Crippen LogP contribution in [0.1, 0.15) is 11.3 Å². The number of pyridine rings is 1. The molecule has 0 unspecified atom stereocenters. The van der Waals surface area contributed by atoms with Gasteiger partial charge in [0.15, 0.2) is 11.6 Å². The SMILES string of the molecule is Cc1cc(Nc2ccc(/C=N/Nc3ncc(F)c(N4CCOCC4)n3)nc2)cc(S(=O)(=O)c2cc(O)cc(Cl)c2)c1. The van der Waals surface area contributed by atoms with Crippen molar-refractivity contribution in [3.8, 4) is 5.75 Å². The lowest BCUT2D eigenvalue weighted by Gasteiger charge is -2.27. The van der Waals surface area contributed by atoms with Crippen molar-refractivity contribution in [3.63, 3.8) is 0 Å². The minimum atomic E-state index is -3.94. The Labute approximate surface area is 240 Å². The summed E-state index contributed by atoms with van der Waals surface area (Å²) >= 11 is 5.95. The van der Waals surface area contributed by atoms with Crippen LogP contribution in [-0.4, -0.2) is 61.0 Å². The van der Waals surface area contributed by atoms with Crippen LogP contribution in [0.5, 0.6) is 5.75 Å². The smallest absolute Gasteiger partial charge is 0.245 e. The van der Waals surface area contributed by atoms with Crippen LogP contribution >= 0.6 is 11.6 Å². The van der Waals surface area contributed by atoms with Crippen LogP contribution in [0, 0.1) is 12.7 Å². The third-order valence-electron chi connectivity index (χ3n) is 6.00. The standard InChI is InChI=1S/C27H25ClFN7O4S/c1-17-8-21(12-23(9-17)41(38,39)24-11-18(28)10-22(37)13-24)33-20-3-2-19(30-14-20)15-32-35-27-31-16-25(29)26(34-27)36-4-6-40-7-5-36/h2-3,8-16,33,37H,4-7H2,1H3,(H,31,34,35)/b32-15+. The average molecular weight is 598 g/mol.